The van der Waals surface area contributed by atoms with Crippen molar-refractivity contribution in [1.29, 1.82) is 0 Å². The number of hydrogen-bond donors (Lipinski definition) is 3. The highest BCUT2D eigenvalue weighted by molar-refractivity contribution is 5.93. The first-order chi connectivity index (χ1) is 14.0. The van der Waals surface area contributed by atoms with Crippen LogP contribution in [0.1, 0.15) is 18.1 Å². The van der Waals surface area contributed by atoms with E-state index in [2.05, 4.69) is 17.4 Å². The van der Waals surface area contributed by atoms with Crippen LogP contribution in [0.2, 0.25) is 0 Å². The second-order valence-corrected chi connectivity index (χ2v) is 7.85. The van der Waals surface area contributed by atoms with Crippen LogP contribution in [-0.2, 0) is 11.3 Å². The van der Waals surface area contributed by atoms with E-state index in [9.17, 15) is 4.79 Å². The molecule has 156 valence electrons. The van der Waals surface area contributed by atoms with Gasteiger partial charge in [-0.1, -0.05) is 17.7 Å². The third-order valence-electron chi connectivity index (χ3n) is 5.83. The van der Waals surface area contributed by atoms with Crippen LogP contribution in [0.4, 0.5) is 5.69 Å². The number of quaternary nitrogens is 2. The first-order valence-corrected chi connectivity index (χ1v) is 10.3. The number of hydrogen-bond acceptors (Lipinski definition) is 3. The predicted molar refractivity (Wildman–Crippen MR) is 114 cm³/mol. The average Bonchev–Trinajstić information content (AvgIpc) is 2.75. The van der Waals surface area contributed by atoms with Crippen LogP contribution in [0.5, 0.6) is 11.5 Å². The molecule has 0 aliphatic carbocycles. The number of ether oxygens (including phenoxy) is 2. The molecule has 2 aromatic rings. The summed E-state index contributed by atoms with van der Waals surface area (Å²) in [5, 5.41) is 3.05. The number of methoxy groups -OCH3 is 2. The van der Waals surface area contributed by atoms with Gasteiger partial charge in [0, 0.05) is 11.3 Å². The zero-order chi connectivity index (χ0) is 20.8. The minimum Gasteiger partial charge on any atom is -0.493 e. The van der Waals surface area contributed by atoms with Crippen molar-refractivity contribution in [2.45, 2.75) is 26.4 Å². The van der Waals surface area contributed by atoms with Gasteiger partial charge in [0.15, 0.2) is 17.5 Å². The highest BCUT2D eigenvalue weighted by Gasteiger charge is 2.31. The maximum absolute atomic E-state index is 12.6. The van der Waals surface area contributed by atoms with E-state index < -0.39 is 0 Å². The summed E-state index contributed by atoms with van der Waals surface area (Å²) in [6.45, 7) is 9.10. The Morgan fingerprint density at radius 2 is 1.66 bits per heavy atom. The molecule has 3 rings (SSSR count). The van der Waals surface area contributed by atoms with Crippen molar-refractivity contribution in [3.05, 3.63) is 53.6 Å². The van der Waals surface area contributed by atoms with Crippen molar-refractivity contribution < 1.29 is 24.1 Å². The molecule has 1 aliphatic heterocycles. The normalized spacial score (nSPS) is 20.0. The van der Waals surface area contributed by atoms with Gasteiger partial charge in [-0.25, -0.2) is 0 Å². The molecule has 1 atom stereocenters. The molecule has 0 spiro atoms. The lowest BCUT2D eigenvalue weighted by Crippen LogP contribution is -3.29. The number of carbonyl (C=O) groups is 1. The average molecular weight is 400 g/mol. The Hall–Kier alpha value is -2.57. The van der Waals surface area contributed by atoms with E-state index in [1.165, 1.54) is 20.9 Å². The van der Waals surface area contributed by atoms with Crippen molar-refractivity contribution in [1.82, 2.24) is 0 Å². The summed E-state index contributed by atoms with van der Waals surface area (Å²) < 4.78 is 10.7. The molecule has 0 unspecified atom stereocenters. The molecule has 0 saturated carbocycles. The van der Waals surface area contributed by atoms with E-state index in [-0.39, 0.29) is 11.9 Å². The number of piperazine rings is 1. The van der Waals surface area contributed by atoms with Gasteiger partial charge in [0.05, 0.1) is 14.2 Å². The Balaban J connectivity index is 1.50. The van der Waals surface area contributed by atoms with Gasteiger partial charge >= 0.3 is 0 Å². The van der Waals surface area contributed by atoms with E-state index in [4.69, 9.17) is 9.47 Å². The van der Waals surface area contributed by atoms with Crippen LogP contribution in [0.25, 0.3) is 0 Å². The lowest BCUT2D eigenvalue weighted by atomic mass is 10.1. The second-order valence-electron chi connectivity index (χ2n) is 7.85. The molecule has 2 aromatic carbocycles. The molecule has 1 saturated heterocycles. The summed E-state index contributed by atoms with van der Waals surface area (Å²) in [4.78, 5) is 15.5. The van der Waals surface area contributed by atoms with E-state index in [0.717, 1.165) is 49.9 Å². The molecular weight excluding hydrogens is 366 g/mol. The van der Waals surface area contributed by atoms with Crippen molar-refractivity contribution in [2.75, 3.05) is 45.7 Å². The summed E-state index contributed by atoms with van der Waals surface area (Å²) in [5.74, 6) is 1.62. The number of amides is 1. The largest absolute Gasteiger partial charge is 0.493 e. The van der Waals surface area contributed by atoms with Crippen molar-refractivity contribution in [2.24, 2.45) is 0 Å². The van der Waals surface area contributed by atoms with Crippen molar-refractivity contribution in [3.8, 4) is 11.5 Å². The second kappa shape index (κ2) is 9.76. The SMILES string of the molecule is COc1ccc(C[NH+]2CC[NH+]([C@H](C)C(=O)Nc3ccc(C)cc3)CC2)cc1OC. The van der Waals surface area contributed by atoms with E-state index in [1.54, 1.807) is 14.2 Å². The molecule has 1 aliphatic rings. The molecule has 0 bridgehead atoms. The zero-order valence-corrected chi connectivity index (χ0v) is 17.9. The summed E-state index contributed by atoms with van der Waals surface area (Å²) in [7, 11) is 3.32. The van der Waals surface area contributed by atoms with Crippen LogP contribution < -0.4 is 24.6 Å². The lowest BCUT2D eigenvalue weighted by molar-refractivity contribution is -1.02. The van der Waals surface area contributed by atoms with Gasteiger partial charge in [-0.05, 0) is 44.2 Å². The molecule has 29 heavy (non-hydrogen) atoms. The smallest absolute Gasteiger partial charge is 0.282 e. The van der Waals surface area contributed by atoms with Gasteiger partial charge < -0.3 is 24.6 Å². The third kappa shape index (κ3) is 5.49. The molecule has 6 nitrogen and oxygen atoms in total. The molecular formula is C23H33N3O3+2. The molecule has 1 heterocycles. The summed E-state index contributed by atoms with van der Waals surface area (Å²) >= 11 is 0. The lowest BCUT2D eigenvalue weighted by Gasteiger charge is -2.32. The van der Waals surface area contributed by atoms with E-state index in [0.29, 0.717) is 0 Å². The Labute approximate surface area is 173 Å². The fourth-order valence-corrected chi connectivity index (χ4v) is 3.89. The first-order valence-electron chi connectivity index (χ1n) is 10.3. The molecule has 0 radical (unpaired) electrons. The van der Waals surface area contributed by atoms with Crippen LogP contribution in [0, 0.1) is 6.92 Å². The van der Waals surface area contributed by atoms with Gasteiger partial charge in [-0.2, -0.15) is 0 Å². The summed E-state index contributed by atoms with van der Waals surface area (Å²) in [5.41, 5.74) is 3.30. The minimum atomic E-state index is -0.0565. The fourth-order valence-electron chi connectivity index (χ4n) is 3.89. The van der Waals surface area contributed by atoms with Crippen LogP contribution in [-0.4, -0.2) is 52.3 Å². The monoisotopic (exact) mass is 399 g/mol. The molecule has 0 aromatic heterocycles. The standard InChI is InChI=1S/C23H31N3O3/c1-17-5-8-20(9-6-17)24-23(27)18(2)26-13-11-25(12-14-26)16-19-7-10-21(28-3)22(15-19)29-4/h5-10,15,18H,11-14,16H2,1-4H3,(H,24,27)/p+2/t18-/m1/s1. The maximum Gasteiger partial charge on any atom is 0.282 e. The number of rotatable bonds is 7. The van der Waals surface area contributed by atoms with E-state index >= 15 is 0 Å². The highest BCUT2D eigenvalue weighted by Crippen LogP contribution is 2.27. The summed E-state index contributed by atoms with van der Waals surface area (Å²) in [6.07, 6.45) is 0. The van der Waals surface area contributed by atoms with Gasteiger partial charge in [-0.3, -0.25) is 4.79 Å². The number of anilines is 1. The first kappa shape index (κ1) is 21.1. The quantitative estimate of drug-likeness (QED) is 0.629. The van der Waals surface area contributed by atoms with Crippen LogP contribution in [0.15, 0.2) is 42.5 Å². The van der Waals surface area contributed by atoms with E-state index in [1.807, 2.05) is 44.2 Å². The fraction of sp³-hybridized carbons (Fsp3) is 0.435. The Kier molecular flexibility index (Phi) is 7.12. The topological polar surface area (TPSA) is 56.4 Å². The molecule has 1 fully saturated rings. The van der Waals surface area contributed by atoms with Gasteiger partial charge in [0.2, 0.25) is 0 Å². The number of nitrogens with one attached hydrogen (secondary N) is 3. The predicted octanol–water partition coefficient (Wildman–Crippen LogP) is 0.323. The number of carbonyl (C=O) groups excluding carboxylic acids is 1. The van der Waals surface area contributed by atoms with Crippen molar-refractivity contribution >= 4 is 11.6 Å². The third-order valence-corrected chi connectivity index (χ3v) is 5.83. The number of aryl methyl sites for hydroxylation is 1. The molecule has 1 amide bonds. The Morgan fingerprint density at radius 3 is 2.28 bits per heavy atom. The van der Waals surface area contributed by atoms with Crippen molar-refractivity contribution in [3.63, 3.8) is 0 Å². The molecule has 6 heteroatoms. The van der Waals surface area contributed by atoms with Crippen LogP contribution >= 0.6 is 0 Å². The summed E-state index contributed by atoms with van der Waals surface area (Å²) in [6, 6.07) is 14.0. The Morgan fingerprint density at radius 1 is 1.00 bits per heavy atom. The highest BCUT2D eigenvalue weighted by atomic mass is 16.5. The van der Waals surface area contributed by atoms with Gasteiger partial charge in [0.1, 0.15) is 32.7 Å². The van der Waals surface area contributed by atoms with Crippen LogP contribution in [0.3, 0.4) is 0 Å². The zero-order valence-electron chi connectivity index (χ0n) is 17.9. The minimum absolute atomic E-state index is 0.0565. The number of benzene rings is 2. The van der Waals surface area contributed by atoms with Gasteiger partial charge in [0.25, 0.3) is 5.91 Å². The van der Waals surface area contributed by atoms with Gasteiger partial charge in [-0.15, -0.1) is 0 Å². The molecule has 3 N–H and O–H groups in total. The maximum atomic E-state index is 12.6. The Bertz CT molecular complexity index is 815.